The molecular formula is C17H22N4O2. The fourth-order valence-corrected chi connectivity index (χ4v) is 1.89. The summed E-state index contributed by atoms with van der Waals surface area (Å²) < 4.78 is 5.59. The lowest BCUT2D eigenvalue weighted by Crippen LogP contribution is -2.25. The summed E-state index contributed by atoms with van der Waals surface area (Å²) in [4.78, 5) is 11.8. The predicted octanol–water partition coefficient (Wildman–Crippen LogP) is 3.15. The molecule has 0 radical (unpaired) electrons. The van der Waals surface area contributed by atoms with Crippen LogP contribution in [0, 0.1) is 0 Å². The lowest BCUT2D eigenvalue weighted by Gasteiger charge is -2.10. The highest BCUT2D eigenvalue weighted by Crippen LogP contribution is 2.19. The summed E-state index contributed by atoms with van der Waals surface area (Å²) in [5.74, 6) is 1.19. The highest BCUT2D eigenvalue weighted by Gasteiger charge is 2.07. The number of amides is 1. The zero-order chi connectivity index (χ0) is 16.7. The van der Waals surface area contributed by atoms with E-state index in [4.69, 9.17) is 4.74 Å². The molecule has 0 aliphatic carbocycles. The third kappa shape index (κ3) is 5.25. The Hall–Kier alpha value is -2.63. The van der Waals surface area contributed by atoms with Gasteiger partial charge >= 0.3 is 0 Å². The number of hydrogen-bond acceptors (Lipinski definition) is 5. The van der Waals surface area contributed by atoms with E-state index in [2.05, 4.69) is 20.8 Å². The van der Waals surface area contributed by atoms with Crippen molar-refractivity contribution in [2.75, 3.05) is 11.9 Å². The van der Waals surface area contributed by atoms with Crippen LogP contribution in [0.4, 0.5) is 11.5 Å². The average molecular weight is 314 g/mol. The van der Waals surface area contributed by atoms with E-state index in [1.54, 1.807) is 12.1 Å². The summed E-state index contributed by atoms with van der Waals surface area (Å²) in [6.07, 6.45) is 1.03. The molecule has 2 aromatic rings. The molecule has 6 nitrogen and oxygen atoms in total. The number of anilines is 2. The minimum Gasteiger partial charge on any atom is -0.491 e. The number of aromatic nitrogens is 2. The molecule has 122 valence electrons. The first-order valence-electron chi connectivity index (χ1n) is 7.74. The Morgan fingerprint density at radius 1 is 1.13 bits per heavy atom. The van der Waals surface area contributed by atoms with Crippen LogP contribution in [0.1, 0.15) is 37.7 Å². The first kappa shape index (κ1) is 16.7. The second-order valence-corrected chi connectivity index (χ2v) is 5.38. The van der Waals surface area contributed by atoms with Crippen molar-refractivity contribution in [1.82, 2.24) is 15.5 Å². The molecule has 1 heterocycles. The highest BCUT2D eigenvalue weighted by molar-refractivity contribution is 5.92. The number of hydrogen-bond donors (Lipinski definition) is 2. The molecule has 0 fully saturated rings. The number of rotatable bonds is 7. The van der Waals surface area contributed by atoms with Crippen LogP contribution < -0.4 is 15.4 Å². The van der Waals surface area contributed by atoms with Gasteiger partial charge in [-0.1, -0.05) is 6.92 Å². The number of ether oxygens (including phenoxy) is 1. The summed E-state index contributed by atoms with van der Waals surface area (Å²) in [5.41, 5.74) is 1.18. The molecule has 6 heteroatoms. The smallest absolute Gasteiger partial charge is 0.271 e. The maximum absolute atomic E-state index is 11.8. The number of carbonyl (C=O) groups is 1. The van der Waals surface area contributed by atoms with Crippen molar-refractivity contribution in [2.24, 2.45) is 0 Å². The Labute approximate surface area is 136 Å². The molecule has 1 amide bonds. The van der Waals surface area contributed by atoms with Crippen molar-refractivity contribution in [3.63, 3.8) is 0 Å². The van der Waals surface area contributed by atoms with E-state index in [1.807, 2.05) is 45.0 Å². The van der Waals surface area contributed by atoms with E-state index in [1.165, 1.54) is 0 Å². The summed E-state index contributed by atoms with van der Waals surface area (Å²) >= 11 is 0. The minimum atomic E-state index is -0.207. The van der Waals surface area contributed by atoms with Gasteiger partial charge in [-0.25, -0.2) is 0 Å². The van der Waals surface area contributed by atoms with Gasteiger partial charge in [-0.3, -0.25) is 4.79 Å². The van der Waals surface area contributed by atoms with Gasteiger partial charge < -0.3 is 15.4 Å². The van der Waals surface area contributed by atoms with Gasteiger partial charge in [0.25, 0.3) is 5.91 Å². The lowest BCUT2D eigenvalue weighted by atomic mass is 10.3. The summed E-state index contributed by atoms with van der Waals surface area (Å²) in [7, 11) is 0. The topological polar surface area (TPSA) is 76.1 Å². The molecule has 0 aliphatic rings. The summed E-state index contributed by atoms with van der Waals surface area (Å²) in [5, 5.41) is 13.9. The lowest BCUT2D eigenvalue weighted by molar-refractivity contribution is 0.0947. The van der Waals surface area contributed by atoms with Crippen LogP contribution >= 0.6 is 0 Å². The van der Waals surface area contributed by atoms with Crippen LogP contribution in [0.5, 0.6) is 5.75 Å². The van der Waals surface area contributed by atoms with Crippen molar-refractivity contribution in [3.8, 4) is 5.75 Å². The van der Waals surface area contributed by atoms with Crippen LogP contribution in [-0.2, 0) is 0 Å². The quantitative estimate of drug-likeness (QED) is 0.821. The molecule has 0 spiro atoms. The zero-order valence-corrected chi connectivity index (χ0v) is 13.7. The molecule has 0 aliphatic heterocycles. The predicted molar refractivity (Wildman–Crippen MR) is 90.1 cm³/mol. The van der Waals surface area contributed by atoms with E-state index in [0.717, 1.165) is 17.9 Å². The number of benzene rings is 1. The molecule has 1 aromatic heterocycles. The molecule has 0 saturated heterocycles. The maximum Gasteiger partial charge on any atom is 0.271 e. The molecule has 0 saturated carbocycles. The first-order valence-corrected chi connectivity index (χ1v) is 7.74. The normalized spacial score (nSPS) is 10.4. The molecule has 1 aromatic carbocycles. The Bertz CT molecular complexity index is 624. The van der Waals surface area contributed by atoms with E-state index < -0.39 is 0 Å². The van der Waals surface area contributed by atoms with Gasteiger partial charge in [-0.2, -0.15) is 0 Å². The molecule has 0 atom stereocenters. The Kier molecular flexibility index (Phi) is 5.91. The van der Waals surface area contributed by atoms with E-state index in [0.29, 0.717) is 18.1 Å². The van der Waals surface area contributed by atoms with Gasteiger partial charge in [0.2, 0.25) is 0 Å². The van der Waals surface area contributed by atoms with Crippen LogP contribution in [0.25, 0.3) is 0 Å². The van der Waals surface area contributed by atoms with E-state index >= 15 is 0 Å². The monoisotopic (exact) mass is 314 g/mol. The van der Waals surface area contributed by atoms with Crippen molar-refractivity contribution in [1.29, 1.82) is 0 Å². The van der Waals surface area contributed by atoms with Crippen LogP contribution in [0.15, 0.2) is 36.4 Å². The zero-order valence-electron chi connectivity index (χ0n) is 13.7. The average Bonchev–Trinajstić information content (AvgIpc) is 2.54. The molecule has 23 heavy (non-hydrogen) atoms. The molecule has 0 unspecified atom stereocenters. The van der Waals surface area contributed by atoms with Gasteiger partial charge in [-0.15, -0.1) is 10.2 Å². The van der Waals surface area contributed by atoms with Crippen LogP contribution in [-0.4, -0.2) is 28.8 Å². The largest absolute Gasteiger partial charge is 0.491 e. The van der Waals surface area contributed by atoms with Gasteiger partial charge in [0.15, 0.2) is 11.5 Å². The fourth-order valence-electron chi connectivity index (χ4n) is 1.89. The number of carbonyl (C=O) groups excluding carboxylic acids is 1. The SMILES string of the molecule is CCCNC(=O)c1ccc(Nc2ccc(OC(C)C)cc2)nn1. The molecule has 2 rings (SSSR count). The van der Waals surface area contributed by atoms with Gasteiger partial charge in [0.05, 0.1) is 6.10 Å². The summed E-state index contributed by atoms with van der Waals surface area (Å²) in [6.45, 7) is 6.60. The summed E-state index contributed by atoms with van der Waals surface area (Å²) in [6, 6.07) is 11.0. The maximum atomic E-state index is 11.8. The van der Waals surface area contributed by atoms with Crippen LogP contribution in [0.2, 0.25) is 0 Å². The van der Waals surface area contributed by atoms with Gasteiger partial charge in [0.1, 0.15) is 5.75 Å². The van der Waals surface area contributed by atoms with E-state index in [-0.39, 0.29) is 12.0 Å². The van der Waals surface area contributed by atoms with E-state index in [9.17, 15) is 4.79 Å². The Balaban J connectivity index is 1.96. The third-order valence-electron chi connectivity index (χ3n) is 2.93. The van der Waals surface area contributed by atoms with Gasteiger partial charge in [0, 0.05) is 12.2 Å². The molecular weight excluding hydrogens is 292 g/mol. The Morgan fingerprint density at radius 2 is 1.87 bits per heavy atom. The second-order valence-electron chi connectivity index (χ2n) is 5.38. The molecule has 2 N–H and O–H groups in total. The standard InChI is InChI=1S/C17H22N4O2/c1-4-11-18-17(22)15-9-10-16(21-20-15)19-13-5-7-14(8-6-13)23-12(2)3/h5-10,12H,4,11H2,1-3H3,(H,18,22)(H,19,21). The van der Waals surface area contributed by atoms with Crippen molar-refractivity contribution < 1.29 is 9.53 Å². The van der Waals surface area contributed by atoms with Crippen molar-refractivity contribution in [2.45, 2.75) is 33.3 Å². The van der Waals surface area contributed by atoms with Crippen LogP contribution in [0.3, 0.4) is 0 Å². The number of nitrogens with one attached hydrogen (secondary N) is 2. The van der Waals surface area contributed by atoms with Crippen molar-refractivity contribution >= 4 is 17.4 Å². The minimum absolute atomic E-state index is 0.145. The molecule has 0 bridgehead atoms. The highest BCUT2D eigenvalue weighted by atomic mass is 16.5. The number of nitrogens with zero attached hydrogens (tertiary/aromatic N) is 2. The second kappa shape index (κ2) is 8.12. The fraction of sp³-hybridized carbons (Fsp3) is 0.353. The van der Waals surface area contributed by atoms with Gasteiger partial charge in [-0.05, 0) is 56.7 Å². The van der Waals surface area contributed by atoms with Crippen molar-refractivity contribution in [3.05, 3.63) is 42.1 Å². The third-order valence-corrected chi connectivity index (χ3v) is 2.93. The first-order chi connectivity index (χ1) is 11.1. The Morgan fingerprint density at radius 3 is 2.43 bits per heavy atom.